The average Bonchev–Trinajstić information content (AvgIpc) is 2.40. The molecule has 1 atom stereocenters. The summed E-state index contributed by atoms with van der Waals surface area (Å²) in [4.78, 5) is 16.1. The van der Waals surface area contributed by atoms with E-state index in [0.717, 1.165) is 11.3 Å². The van der Waals surface area contributed by atoms with Gasteiger partial charge in [0.15, 0.2) is 0 Å². The van der Waals surface area contributed by atoms with E-state index in [4.69, 9.17) is 5.73 Å². The number of carbonyl (C=O) groups excluding carboxylic acids is 1. The molecule has 0 aliphatic carbocycles. The van der Waals surface area contributed by atoms with Crippen LogP contribution in [0.2, 0.25) is 0 Å². The number of anilines is 1. The molecule has 0 aliphatic rings. The van der Waals surface area contributed by atoms with Crippen LogP contribution in [0, 0.1) is 0 Å². The van der Waals surface area contributed by atoms with Crippen LogP contribution >= 0.6 is 24.8 Å². The molecule has 3 N–H and O–H groups in total. The fourth-order valence-corrected chi connectivity index (χ4v) is 1.73. The fraction of sp³-hybridized carbons (Fsp3) is 0.143. The molecule has 0 saturated carbocycles. The quantitative estimate of drug-likeness (QED) is 0.914. The number of benzene rings is 1. The Balaban J connectivity index is 0.00000180. The van der Waals surface area contributed by atoms with Gasteiger partial charge in [-0.25, -0.2) is 0 Å². The van der Waals surface area contributed by atoms with Gasteiger partial charge in [0.2, 0.25) is 0 Å². The highest BCUT2D eigenvalue weighted by atomic mass is 35.5. The fourth-order valence-electron chi connectivity index (χ4n) is 1.73. The first-order valence-electron chi connectivity index (χ1n) is 5.74. The van der Waals surface area contributed by atoms with Crippen molar-refractivity contribution in [1.82, 2.24) is 4.98 Å². The van der Waals surface area contributed by atoms with Gasteiger partial charge in [0.1, 0.15) is 0 Å². The lowest BCUT2D eigenvalue weighted by Gasteiger charge is -2.12. The normalized spacial score (nSPS) is 10.7. The number of pyridine rings is 1. The molecule has 6 heteroatoms. The summed E-state index contributed by atoms with van der Waals surface area (Å²) in [6.07, 6.45) is 3.26. The molecule has 0 unspecified atom stereocenters. The van der Waals surface area contributed by atoms with Gasteiger partial charge in [-0.05, 0) is 30.7 Å². The van der Waals surface area contributed by atoms with Crippen molar-refractivity contribution in [2.24, 2.45) is 5.73 Å². The number of nitrogens with zero attached hydrogens (tertiary/aromatic N) is 1. The van der Waals surface area contributed by atoms with E-state index in [2.05, 4.69) is 10.3 Å². The maximum Gasteiger partial charge on any atom is 0.256 e. The van der Waals surface area contributed by atoms with Crippen LogP contribution in [0.5, 0.6) is 0 Å². The van der Waals surface area contributed by atoms with Gasteiger partial charge in [-0.15, -0.1) is 24.8 Å². The van der Waals surface area contributed by atoms with E-state index in [1.54, 1.807) is 30.6 Å². The smallest absolute Gasteiger partial charge is 0.256 e. The second-order valence-corrected chi connectivity index (χ2v) is 4.07. The highest BCUT2D eigenvalue weighted by Gasteiger charge is 2.13. The van der Waals surface area contributed by atoms with Crippen molar-refractivity contribution < 1.29 is 4.79 Å². The Morgan fingerprint density at radius 1 is 1.15 bits per heavy atom. The average molecular weight is 314 g/mol. The first-order chi connectivity index (χ1) is 8.68. The molecule has 0 saturated heterocycles. The second-order valence-electron chi connectivity index (χ2n) is 4.07. The minimum atomic E-state index is -0.176. The zero-order valence-electron chi connectivity index (χ0n) is 10.9. The maximum atomic E-state index is 12.2. The molecule has 0 radical (unpaired) electrons. The summed E-state index contributed by atoms with van der Waals surface area (Å²) < 4.78 is 0. The molecule has 1 aromatic carbocycles. The van der Waals surface area contributed by atoms with E-state index >= 15 is 0 Å². The highest BCUT2D eigenvalue weighted by Crippen LogP contribution is 2.17. The minimum Gasteiger partial charge on any atom is -0.324 e. The third-order valence-corrected chi connectivity index (χ3v) is 2.63. The van der Waals surface area contributed by atoms with Crippen molar-refractivity contribution >= 4 is 36.4 Å². The molecule has 4 nitrogen and oxygen atoms in total. The van der Waals surface area contributed by atoms with Crippen LogP contribution in [0.25, 0.3) is 0 Å². The predicted molar refractivity (Wildman–Crippen MR) is 85.7 cm³/mol. The van der Waals surface area contributed by atoms with Gasteiger partial charge in [0.05, 0.1) is 0 Å². The third-order valence-electron chi connectivity index (χ3n) is 2.63. The Bertz CT molecular complexity index is 547. The molecular formula is C14H17Cl2N3O. The lowest BCUT2D eigenvalue weighted by Crippen LogP contribution is -2.17. The number of rotatable bonds is 3. The molecule has 0 bridgehead atoms. The van der Waals surface area contributed by atoms with E-state index in [-0.39, 0.29) is 36.8 Å². The first-order valence-corrected chi connectivity index (χ1v) is 5.74. The number of hydrogen-bond acceptors (Lipinski definition) is 3. The number of carbonyl (C=O) groups is 1. The van der Waals surface area contributed by atoms with Crippen LogP contribution in [0.4, 0.5) is 5.69 Å². The Morgan fingerprint density at radius 3 is 2.35 bits per heavy atom. The molecule has 1 aromatic heterocycles. The topological polar surface area (TPSA) is 68.0 Å². The Hall–Kier alpha value is -1.62. The van der Waals surface area contributed by atoms with Crippen LogP contribution in [-0.2, 0) is 0 Å². The highest BCUT2D eigenvalue weighted by molar-refractivity contribution is 6.05. The molecule has 0 spiro atoms. The molecule has 108 valence electrons. The van der Waals surface area contributed by atoms with Gasteiger partial charge in [0, 0.05) is 29.7 Å². The van der Waals surface area contributed by atoms with Gasteiger partial charge in [-0.1, -0.05) is 18.2 Å². The lowest BCUT2D eigenvalue weighted by atomic mass is 10.0. The molecule has 1 amide bonds. The Morgan fingerprint density at radius 2 is 1.75 bits per heavy atom. The Kier molecular flexibility index (Phi) is 7.84. The summed E-state index contributed by atoms with van der Waals surface area (Å²) in [5.41, 5.74) is 8.01. The van der Waals surface area contributed by atoms with E-state index in [1.165, 1.54) is 0 Å². The summed E-state index contributed by atoms with van der Waals surface area (Å²) >= 11 is 0. The van der Waals surface area contributed by atoms with Gasteiger partial charge in [-0.3, -0.25) is 9.78 Å². The number of nitrogens with one attached hydrogen (secondary N) is 1. The van der Waals surface area contributed by atoms with Crippen molar-refractivity contribution in [2.75, 3.05) is 5.32 Å². The van der Waals surface area contributed by atoms with Crippen LogP contribution in [0.15, 0.2) is 48.8 Å². The number of halogens is 2. The molecule has 2 rings (SSSR count). The number of aromatic nitrogens is 1. The maximum absolute atomic E-state index is 12.2. The molecule has 0 aliphatic heterocycles. The minimum absolute atomic E-state index is 0. The Labute approximate surface area is 130 Å². The van der Waals surface area contributed by atoms with Crippen molar-refractivity contribution in [2.45, 2.75) is 13.0 Å². The molecule has 1 heterocycles. The predicted octanol–water partition coefficient (Wildman–Crippen LogP) is 3.20. The van der Waals surface area contributed by atoms with Gasteiger partial charge in [0.25, 0.3) is 5.91 Å². The third kappa shape index (κ3) is 4.49. The van der Waals surface area contributed by atoms with Crippen molar-refractivity contribution in [3.05, 3.63) is 59.9 Å². The second kappa shape index (κ2) is 8.53. The van der Waals surface area contributed by atoms with Crippen LogP contribution in [0.3, 0.4) is 0 Å². The summed E-state index contributed by atoms with van der Waals surface area (Å²) in [6.45, 7) is 1.86. The van der Waals surface area contributed by atoms with Crippen LogP contribution in [-0.4, -0.2) is 10.9 Å². The standard InChI is InChI=1S/C14H15N3O.2ClH/c1-10(15)12-4-2-3-5-13(12)14(18)17-11-6-8-16-9-7-11;;/h2-10H,15H2,1H3,(H,16,17,18);2*1H/t10-;;/m0../s1. The summed E-state index contributed by atoms with van der Waals surface area (Å²) in [6, 6.07) is 10.7. The molecule has 2 aromatic rings. The van der Waals surface area contributed by atoms with E-state index in [0.29, 0.717) is 5.56 Å². The molecule has 0 fully saturated rings. The van der Waals surface area contributed by atoms with Crippen LogP contribution in [0.1, 0.15) is 28.9 Å². The number of amides is 1. The van der Waals surface area contributed by atoms with Crippen molar-refractivity contribution in [3.8, 4) is 0 Å². The zero-order chi connectivity index (χ0) is 13.0. The first kappa shape index (κ1) is 18.4. The van der Waals surface area contributed by atoms with Crippen LogP contribution < -0.4 is 11.1 Å². The molecule has 20 heavy (non-hydrogen) atoms. The summed E-state index contributed by atoms with van der Waals surface area (Å²) in [5.74, 6) is -0.158. The van der Waals surface area contributed by atoms with Gasteiger partial charge < -0.3 is 11.1 Å². The largest absolute Gasteiger partial charge is 0.324 e. The molecular weight excluding hydrogens is 297 g/mol. The zero-order valence-corrected chi connectivity index (χ0v) is 12.6. The summed E-state index contributed by atoms with van der Waals surface area (Å²) in [7, 11) is 0. The number of hydrogen-bond donors (Lipinski definition) is 2. The van der Waals surface area contributed by atoms with Gasteiger partial charge >= 0.3 is 0 Å². The van der Waals surface area contributed by atoms with Gasteiger partial charge in [-0.2, -0.15) is 0 Å². The van der Waals surface area contributed by atoms with Crippen molar-refractivity contribution in [3.63, 3.8) is 0 Å². The lowest BCUT2D eigenvalue weighted by molar-refractivity contribution is 0.102. The van der Waals surface area contributed by atoms with E-state index in [9.17, 15) is 4.79 Å². The van der Waals surface area contributed by atoms with Crippen molar-refractivity contribution in [1.29, 1.82) is 0 Å². The monoisotopic (exact) mass is 313 g/mol. The summed E-state index contributed by atoms with van der Waals surface area (Å²) in [5, 5.41) is 2.82. The van der Waals surface area contributed by atoms with E-state index < -0.39 is 0 Å². The SMILES string of the molecule is C[C@H](N)c1ccccc1C(=O)Nc1ccncc1.Cl.Cl. The number of nitrogens with two attached hydrogens (primary N) is 1. The van der Waals surface area contributed by atoms with E-state index in [1.807, 2.05) is 25.1 Å².